The van der Waals surface area contributed by atoms with E-state index in [2.05, 4.69) is 15.9 Å². The number of esters is 2. The Balaban J connectivity index is 2.34. The number of ketones is 1. The highest BCUT2D eigenvalue weighted by molar-refractivity contribution is 9.10. The molecule has 0 N–H and O–H groups in total. The zero-order valence-electron chi connectivity index (χ0n) is 13.3. The lowest BCUT2D eigenvalue weighted by atomic mass is 9.75. The molecular weight excluding hydrogens is 364 g/mol. The van der Waals surface area contributed by atoms with Crippen molar-refractivity contribution in [3.8, 4) is 0 Å². The van der Waals surface area contributed by atoms with Gasteiger partial charge in [-0.1, -0.05) is 28.1 Å². The van der Waals surface area contributed by atoms with Gasteiger partial charge in [0.2, 0.25) is 0 Å². The smallest absolute Gasteiger partial charge is 0.318 e. The molecule has 1 aliphatic rings. The highest BCUT2D eigenvalue weighted by atomic mass is 79.9. The summed E-state index contributed by atoms with van der Waals surface area (Å²) < 4.78 is 11.0. The molecule has 1 heterocycles. The summed E-state index contributed by atoms with van der Waals surface area (Å²) in [7, 11) is 1.25. The van der Waals surface area contributed by atoms with Crippen LogP contribution in [0.3, 0.4) is 0 Å². The Bertz CT molecular complexity index is 620. The number of halogens is 1. The van der Waals surface area contributed by atoms with E-state index in [4.69, 9.17) is 9.47 Å². The molecule has 2 atom stereocenters. The van der Waals surface area contributed by atoms with Crippen molar-refractivity contribution in [2.45, 2.75) is 32.8 Å². The molecule has 0 spiro atoms. The van der Waals surface area contributed by atoms with Gasteiger partial charge in [0.05, 0.1) is 13.0 Å². The monoisotopic (exact) mass is 382 g/mol. The number of cyclic esters (lactones) is 1. The maximum absolute atomic E-state index is 12.9. The van der Waals surface area contributed by atoms with Crippen LogP contribution in [0, 0.1) is 11.3 Å². The van der Waals surface area contributed by atoms with Gasteiger partial charge in [-0.05, 0) is 38.0 Å². The lowest BCUT2D eigenvalue weighted by Gasteiger charge is -2.34. The van der Waals surface area contributed by atoms with Crippen molar-refractivity contribution in [2.75, 3.05) is 7.11 Å². The number of carbonyl (C=O) groups excluding carboxylic acids is 3. The first-order valence-corrected chi connectivity index (χ1v) is 8.14. The molecule has 1 aliphatic heterocycles. The van der Waals surface area contributed by atoms with Crippen LogP contribution in [0.1, 0.15) is 38.4 Å². The van der Waals surface area contributed by atoms with Gasteiger partial charge < -0.3 is 9.47 Å². The molecule has 23 heavy (non-hydrogen) atoms. The second-order valence-electron chi connectivity index (χ2n) is 6.09. The third kappa shape index (κ3) is 3.63. The number of ether oxygens (including phenoxy) is 2. The van der Waals surface area contributed by atoms with E-state index in [-0.39, 0.29) is 18.2 Å². The maximum Gasteiger partial charge on any atom is 0.318 e. The number of hydrogen-bond donors (Lipinski definition) is 0. The van der Waals surface area contributed by atoms with Gasteiger partial charge in [-0.2, -0.15) is 0 Å². The summed E-state index contributed by atoms with van der Waals surface area (Å²) in [6.45, 7) is 3.08. The Labute approximate surface area is 143 Å². The molecule has 1 aromatic carbocycles. The van der Waals surface area contributed by atoms with Crippen molar-refractivity contribution < 1.29 is 23.9 Å². The molecule has 124 valence electrons. The Morgan fingerprint density at radius 2 is 1.87 bits per heavy atom. The standard InChI is InChI=1S/C17H19BrO5/c1-17(2,16(21)22-3)15(20)12-8-9-13(19)23-14(12)10-4-6-11(18)7-5-10/h4-7,12,14H,8-9H2,1-3H3. The number of Topliss-reactive ketones (excluding diaryl/α,β-unsaturated/α-hetero) is 1. The zero-order chi connectivity index (χ0) is 17.2. The number of carbonyl (C=O) groups is 3. The molecule has 0 saturated carbocycles. The van der Waals surface area contributed by atoms with Gasteiger partial charge in [0.1, 0.15) is 11.5 Å². The molecule has 6 heteroatoms. The van der Waals surface area contributed by atoms with Gasteiger partial charge in [-0.3, -0.25) is 14.4 Å². The first-order valence-electron chi connectivity index (χ1n) is 7.35. The molecule has 0 amide bonds. The zero-order valence-corrected chi connectivity index (χ0v) is 14.9. The lowest BCUT2D eigenvalue weighted by molar-refractivity contribution is -0.167. The molecular formula is C17H19BrO5. The molecule has 0 aromatic heterocycles. The summed E-state index contributed by atoms with van der Waals surface area (Å²) in [6, 6.07) is 7.26. The van der Waals surface area contributed by atoms with E-state index in [0.29, 0.717) is 6.42 Å². The van der Waals surface area contributed by atoms with Gasteiger partial charge in [0.25, 0.3) is 0 Å². The van der Waals surface area contributed by atoms with E-state index in [9.17, 15) is 14.4 Å². The molecule has 2 unspecified atom stereocenters. The molecule has 0 bridgehead atoms. The van der Waals surface area contributed by atoms with Crippen LogP contribution in [0.25, 0.3) is 0 Å². The van der Waals surface area contributed by atoms with Gasteiger partial charge in [0, 0.05) is 10.9 Å². The summed E-state index contributed by atoms with van der Waals surface area (Å²) in [6.07, 6.45) is -0.153. The average Bonchev–Trinajstić information content (AvgIpc) is 2.54. The first kappa shape index (κ1) is 17.7. The Morgan fingerprint density at radius 1 is 1.26 bits per heavy atom. The number of methoxy groups -OCH3 is 1. The van der Waals surface area contributed by atoms with Crippen molar-refractivity contribution in [2.24, 2.45) is 11.3 Å². The molecule has 0 radical (unpaired) electrons. The highest BCUT2D eigenvalue weighted by Gasteiger charge is 2.46. The fourth-order valence-electron chi connectivity index (χ4n) is 2.75. The summed E-state index contributed by atoms with van der Waals surface area (Å²) in [5, 5.41) is 0. The minimum absolute atomic E-state index is 0.167. The van der Waals surface area contributed by atoms with E-state index < -0.39 is 23.4 Å². The predicted octanol–water partition coefficient (Wildman–Crippen LogP) is 3.21. The largest absolute Gasteiger partial charge is 0.468 e. The van der Waals surface area contributed by atoms with Crippen LogP contribution in [-0.2, 0) is 23.9 Å². The van der Waals surface area contributed by atoms with E-state index in [1.807, 2.05) is 12.1 Å². The minimum atomic E-state index is -1.28. The van der Waals surface area contributed by atoms with Crippen molar-refractivity contribution in [3.63, 3.8) is 0 Å². The third-order valence-electron chi connectivity index (χ3n) is 4.13. The van der Waals surface area contributed by atoms with Crippen molar-refractivity contribution >= 4 is 33.7 Å². The summed E-state index contributed by atoms with van der Waals surface area (Å²) in [4.78, 5) is 36.5. The van der Waals surface area contributed by atoms with Gasteiger partial charge in [0.15, 0.2) is 5.78 Å². The second kappa shape index (κ2) is 6.83. The minimum Gasteiger partial charge on any atom is -0.468 e. The Kier molecular flexibility index (Phi) is 5.24. The summed E-state index contributed by atoms with van der Waals surface area (Å²) in [5.41, 5.74) is -0.545. The van der Waals surface area contributed by atoms with E-state index in [0.717, 1.165) is 10.0 Å². The van der Waals surface area contributed by atoms with Crippen LogP contribution in [0.15, 0.2) is 28.7 Å². The fourth-order valence-corrected chi connectivity index (χ4v) is 3.01. The van der Waals surface area contributed by atoms with Crippen molar-refractivity contribution in [1.82, 2.24) is 0 Å². The number of hydrogen-bond acceptors (Lipinski definition) is 5. The van der Waals surface area contributed by atoms with Crippen LogP contribution in [0.2, 0.25) is 0 Å². The van der Waals surface area contributed by atoms with Gasteiger partial charge in [-0.15, -0.1) is 0 Å². The normalized spacial score (nSPS) is 21.5. The quantitative estimate of drug-likeness (QED) is 0.590. The molecule has 1 aromatic rings. The molecule has 1 saturated heterocycles. The van der Waals surface area contributed by atoms with Crippen LogP contribution in [-0.4, -0.2) is 24.8 Å². The van der Waals surface area contributed by atoms with E-state index in [1.54, 1.807) is 12.1 Å². The lowest BCUT2D eigenvalue weighted by Crippen LogP contribution is -2.43. The predicted molar refractivity (Wildman–Crippen MR) is 86.5 cm³/mol. The topological polar surface area (TPSA) is 69.7 Å². The fraction of sp³-hybridized carbons (Fsp3) is 0.471. The number of benzene rings is 1. The van der Waals surface area contributed by atoms with Gasteiger partial charge in [-0.25, -0.2) is 0 Å². The first-order chi connectivity index (χ1) is 10.8. The average molecular weight is 383 g/mol. The summed E-state index contributed by atoms with van der Waals surface area (Å²) >= 11 is 3.35. The second-order valence-corrected chi connectivity index (χ2v) is 7.00. The Hall–Kier alpha value is -1.69. The maximum atomic E-state index is 12.9. The van der Waals surface area contributed by atoms with E-state index >= 15 is 0 Å². The molecule has 5 nitrogen and oxygen atoms in total. The highest BCUT2D eigenvalue weighted by Crippen LogP contribution is 2.39. The van der Waals surface area contributed by atoms with Crippen LogP contribution in [0.5, 0.6) is 0 Å². The van der Waals surface area contributed by atoms with Crippen LogP contribution < -0.4 is 0 Å². The summed E-state index contributed by atoms with van der Waals surface area (Å²) in [5.74, 6) is -1.76. The molecule has 1 fully saturated rings. The van der Waals surface area contributed by atoms with E-state index in [1.165, 1.54) is 21.0 Å². The number of rotatable bonds is 4. The third-order valence-corrected chi connectivity index (χ3v) is 4.66. The SMILES string of the molecule is COC(=O)C(C)(C)C(=O)C1CCC(=O)OC1c1ccc(Br)cc1. The van der Waals surface area contributed by atoms with Gasteiger partial charge >= 0.3 is 11.9 Å². The van der Waals surface area contributed by atoms with Crippen LogP contribution in [0.4, 0.5) is 0 Å². The Morgan fingerprint density at radius 3 is 2.43 bits per heavy atom. The van der Waals surface area contributed by atoms with Crippen LogP contribution >= 0.6 is 15.9 Å². The van der Waals surface area contributed by atoms with Crippen molar-refractivity contribution in [3.05, 3.63) is 34.3 Å². The van der Waals surface area contributed by atoms with Crippen molar-refractivity contribution in [1.29, 1.82) is 0 Å². The molecule has 0 aliphatic carbocycles. The molecule has 2 rings (SSSR count).